The fourth-order valence-electron chi connectivity index (χ4n) is 1.72. The largest absolute Gasteiger partial charge is 0.324 e. The van der Waals surface area contributed by atoms with Crippen LogP contribution in [0.2, 0.25) is 10.3 Å². The van der Waals surface area contributed by atoms with Crippen LogP contribution in [-0.2, 0) is 0 Å². The van der Waals surface area contributed by atoms with E-state index in [0.717, 1.165) is 5.56 Å². The first-order chi connectivity index (χ1) is 6.68. The lowest BCUT2D eigenvalue weighted by atomic mass is 9.78. The Bertz CT molecular complexity index is 339. The van der Waals surface area contributed by atoms with E-state index >= 15 is 0 Å². The Morgan fingerprint density at radius 3 is 2.47 bits per heavy atom. The maximum Gasteiger partial charge on any atom is 0.135 e. The van der Waals surface area contributed by atoms with Gasteiger partial charge in [0.05, 0.1) is 0 Å². The fourth-order valence-corrected chi connectivity index (χ4v) is 2.20. The van der Waals surface area contributed by atoms with E-state index < -0.39 is 0 Å². The Morgan fingerprint density at radius 1 is 1.33 bits per heavy atom. The lowest BCUT2D eigenvalue weighted by Crippen LogP contribution is -2.27. The second kappa shape index (κ2) is 5.35. The molecule has 5 heteroatoms. The van der Waals surface area contributed by atoms with Crippen molar-refractivity contribution in [3.8, 4) is 0 Å². The molecule has 0 unspecified atom stereocenters. The molecule has 1 heterocycles. The molecule has 1 saturated carbocycles. The van der Waals surface area contributed by atoms with Gasteiger partial charge in [0.1, 0.15) is 10.3 Å². The van der Waals surface area contributed by atoms with Gasteiger partial charge in [0, 0.05) is 11.6 Å². The number of pyridine rings is 1. The highest BCUT2D eigenvalue weighted by atomic mass is 35.5. The topological polar surface area (TPSA) is 38.9 Å². The van der Waals surface area contributed by atoms with Gasteiger partial charge in [-0.3, -0.25) is 0 Å². The minimum Gasteiger partial charge on any atom is -0.324 e. The standard InChI is InChI=1S/C10H12Cl2N2.ClH/c11-8-5-4-7(10(12)14-8)9(13)6-2-1-3-6;/h4-6,9H,1-3,13H2;1H/t9-;/m1./s1. The van der Waals surface area contributed by atoms with Gasteiger partial charge >= 0.3 is 0 Å². The summed E-state index contributed by atoms with van der Waals surface area (Å²) >= 11 is 11.7. The van der Waals surface area contributed by atoms with Crippen LogP contribution in [0.25, 0.3) is 0 Å². The Labute approximate surface area is 106 Å². The average molecular weight is 268 g/mol. The second-order valence-corrected chi connectivity index (χ2v) is 4.48. The Hall–Kier alpha value is -0.0200. The normalized spacial score (nSPS) is 17.8. The van der Waals surface area contributed by atoms with Gasteiger partial charge in [0.25, 0.3) is 0 Å². The van der Waals surface area contributed by atoms with E-state index in [1.807, 2.05) is 6.07 Å². The van der Waals surface area contributed by atoms with Crippen molar-refractivity contribution >= 4 is 35.6 Å². The van der Waals surface area contributed by atoms with Crippen LogP contribution in [0, 0.1) is 5.92 Å². The van der Waals surface area contributed by atoms with Crippen molar-refractivity contribution in [2.75, 3.05) is 0 Å². The molecule has 0 bridgehead atoms. The molecule has 15 heavy (non-hydrogen) atoms. The van der Waals surface area contributed by atoms with Gasteiger partial charge in [-0.15, -0.1) is 12.4 Å². The number of hydrogen-bond donors (Lipinski definition) is 1. The first-order valence-corrected chi connectivity index (χ1v) is 5.51. The van der Waals surface area contributed by atoms with E-state index in [1.54, 1.807) is 6.07 Å². The highest BCUT2D eigenvalue weighted by Gasteiger charge is 2.27. The molecule has 1 fully saturated rings. The number of nitrogens with zero attached hydrogens (tertiary/aromatic N) is 1. The van der Waals surface area contributed by atoms with Gasteiger partial charge in [-0.25, -0.2) is 4.98 Å². The van der Waals surface area contributed by atoms with Crippen molar-refractivity contribution in [1.29, 1.82) is 0 Å². The quantitative estimate of drug-likeness (QED) is 0.832. The highest BCUT2D eigenvalue weighted by Crippen LogP contribution is 2.38. The van der Waals surface area contributed by atoms with Crippen LogP contribution in [0.5, 0.6) is 0 Å². The predicted molar refractivity (Wildman–Crippen MR) is 65.8 cm³/mol. The first kappa shape index (κ1) is 13.0. The zero-order valence-corrected chi connectivity index (χ0v) is 10.4. The lowest BCUT2D eigenvalue weighted by Gasteiger charge is -2.31. The van der Waals surface area contributed by atoms with Crippen molar-refractivity contribution < 1.29 is 0 Å². The van der Waals surface area contributed by atoms with E-state index in [4.69, 9.17) is 28.9 Å². The highest BCUT2D eigenvalue weighted by molar-refractivity contribution is 6.32. The molecule has 2 N–H and O–H groups in total. The number of nitrogens with two attached hydrogens (primary N) is 1. The summed E-state index contributed by atoms with van der Waals surface area (Å²) in [5, 5.41) is 0.858. The smallest absolute Gasteiger partial charge is 0.135 e. The SMILES string of the molecule is Cl.N[C@@H](c1ccc(Cl)nc1Cl)C1CCC1. The molecule has 1 aliphatic rings. The van der Waals surface area contributed by atoms with Crippen LogP contribution in [0.3, 0.4) is 0 Å². The van der Waals surface area contributed by atoms with Gasteiger partial charge in [0.2, 0.25) is 0 Å². The molecule has 0 aliphatic heterocycles. The van der Waals surface area contributed by atoms with E-state index in [0.29, 0.717) is 16.2 Å². The van der Waals surface area contributed by atoms with E-state index in [1.165, 1.54) is 19.3 Å². The Balaban J connectivity index is 0.00000112. The molecule has 84 valence electrons. The summed E-state index contributed by atoms with van der Waals surface area (Å²) in [5.74, 6) is 0.565. The molecule has 1 aliphatic carbocycles. The summed E-state index contributed by atoms with van der Waals surface area (Å²) in [6.45, 7) is 0. The van der Waals surface area contributed by atoms with Crippen molar-refractivity contribution in [1.82, 2.24) is 4.98 Å². The summed E-state index contributed by atoms with van der Waals surface area (Å²) in [7, 11) is 0. The van der Waals surface area contributed by atoms with Crippen LogP contribution in [-0.4, -0.2) is 4.98 Å². The molecule has 0 spiro atoms. The molecule has 1 aromatic rings. The molecule has 1 atom stereocenters. The number of rotatable bonds is 2. The van der Waals surface area contributed by atoms with E-state index in [-0.39, 0.29) is 18.4 Å². The number of hydrogen-bond acceptors (Lipinski definition) is 2. The van der Waals surface area contributed by atoms with Crippen molar-refractivity contribution in [2.24, 2.45) is 11.7 Å². The van der Waals surface area contributed by atoms with Gasteiger partial charge in [0.15, 0.2) is 0 Å². The molecule has 2 nitrogen and oxygen atoms in total. The summed E-state index contributed by atoms with van der Waals surface area (Å²) < 4.78 is 0. The van der Waals surface area contributed by atoms with Gasteiger partial charge < -0.3 is 5.73 Å². The van der Waals surface area contributed by atoms with E-state index in [9.17, 15) is 0 Å². The zero-order valence-electron chi connectivity index (χ0n) is 8.12. The monoisotopic (exact) mass is 266 g/mol. The molecule has 0 aromatic carbocycles. The summed E-state index contributed by atoms with van der Waals surface area (Å²) in [5.41, 5.74) is 7.00. The molecule has 0 saturated heterocycles. The third-order valence-electron chi connectivity index (χ3n) is 2.86. The van der Waals surface area contributed by atoms with E-state index in [2.05, 4.69) is 4.98 Å². The Morgan fingerprint density at radius 2 is 2.00 bits per heavy atom. The van der Waals surface area contributed by atoms with Crippen LogP contribution >= 0.6 is 35.6 Å². The van der Waals surface area contributed by atoms with Gasteiger partial charge in [-0.2, -0.15) is 0 Å². The first-order valence-electron chi connectivity index (χ1n) is 4.76. The molecular weight excluding hydrogens is 254 g/mol. The molecule has 2 rings (SSSR count). The summed E-state index contributed by atoms with van der Waals surface area (Å²) in [4.78, 5) is 3.99. The Kier molecular flexibility index (Phi) is 4.65. The summed E-state index contributed by atoms with van der Waals surface area (Å²) in [6, 6.07) is 3.63. The minimum atomic E-state index is 0. The fraction of sp³-hybridized carbons (Fsp3) is 0.500. The average Bonchev–Trinajstić information content (AvgIpc) is 2.00. The van der Waals surface area contributed by atoms with Crippen molar-refractivity contribution in [2.45, 2.75) is 25.3 Å². The maximum atomic E-state index is 6.08. The van der Waals surface area contributed by atoms with Crippen LogP contribution < -0.4 is 5.73 Å². The van der Waals surface area contributed by atoms with Crippen LogP contribution in [0.4, 0.5) is 0 Å². The second-order valence-electron chi connectivity index (χ2n) is 3.73. The third kappa shape index (κ3) is 2.76. The number of halogens is 3. The molecule has 0 amide bonds. The minimum absolute atomic E-state index is 0. The molecule has 1 aromatic heterocycles. The van der Waals surface area contributed by atoms with Crippen LogP contribution in [0.15, 0.2) is 12.1 Å². The zero-order chi connectivity index (χ0) is 10.1. The predicted octanol–water partition coefficient (Wildman–Crippen LogP) is 3.61. The van der Waals surface area contributed by atoms with Gasteiger partial charge in [-0.05, 0) is 24.8 Å². The number of aromatic nitrogens is 1. The van der Waals surface area contributed by atoms with Crippen LogP contribution in [0.1, 0.15) is 30.9 Å². The summed E-state index contributed by atoms with van der Waals surface area (Å²) in [6.07, 6.45) is 3.66. The maximum absolute atomic E-state index is 6.08. The lowest BCUT2D eigenvalue weighted by molar-refractivity contribution is 0.264. The van der Waals surface area contributed by atoms with Gasteiger partial charge in [-0.1, -0.05) is 35.7 Å². The van der Waals surface area contributed by atoms with Crippen molar-refractivity contribution in [3.05, 3.63) is 28.0 Å². The molecule has 0 radical (unpaired) electrons. The van der Waals surface area contributed by atoms with Crippen molar-refractivity contribution in [3.63, 3.8) is 0 Å². The third-order valence-corrected chi connectivity index (χ3v) is 3.37. The molecular formula is C10H13Cl3N2.